The molecule has 1 unspecified atom stereocenters. The van der Waals surface area contributed by atoms with Gasteiger partial charge in [-0.3, -0.25) is 9.29 Å². The quantitative estimate of drug-likeness (QED) is 0.174. The minimum absolute atomic E-state index is 0.0916. The monoisotopic (exact) mass is 616 g/mol. The topological polar surface area (TPSA) is 99.2 Å². The molecule has 0 saturated heterocycles. The molecule has 0 aliphatic rings. The first-order valence-corrected chi connectivity index (χ1v) is 14.6. The summed E-state index contributed by atoms with van der Waals surface area (Å²) >= 11 is 0. The van der Waals surface area contributed by atoms with Crippen molar-refractivity contribution in [3.63, 3.8) is 0 Å². The zero-order chi connectivity index (χ0) is 30.9. The summed E-state index contributed by atoms with van der Waals surface area (Å²) in [7, 11) is -4.59. The summed E-state index contributed by atoms with van der Waals surface area (Å²) in [6.07, 6.45) is 0.340. The van der Waals surface area contributed by atoms with E-state index in [1.54, 1.807) is 43.7 Å². The standard InChI is InChI=1S/C30H25F5N4O3S/c1-2-3-13-39(43(41,42)21-8-6-20(7-9-21)30(33,34)35)25-11-10-24(31)26(27(25)32)28(40)23-17-38-29-22(23)14-19(16-37-29)18-5-4-12-36-15-18/h4-12,14-17,28,40H,2-3,13H2,1H3,(H,37,38). The van der Waals surface area contributed by atoms with Crippen molar-refractivity contribution in [3.05, 3.63) is 108 Å². The van der Waals surface area contributed by atoms with E-state index in [1.807, 2.05) is 0 Å². The molecule has 5 aromatic rings. The molecule has 3 aromatic heterocycles. The first kappa shape index (κ1) is 30.1. The summed E-state index contributed by atoms with van der Waals surface area (Å²) in [5.41, 5.74) is -0.617. The number of halogens is 5. The van der Waals surface area contributed by atoms with E-state index in [4.69, 9.17) is 0 Å². The molecule has 5 rings (SSSR count). The molecule has 0 fully saturated rings. The van der Waals surface area contributed by atoms with Gasteiger partial charge in [0.05, 0.1) is 21.7 Å². The highest BCUT2D eigenvalue weighted by molar-refractivity contribution is 7.92. The number of aromatic nitrogens is 3. The third-order valence-corrected chi connectivity index (χ3v) is 8.81. The van der Waals surface area contributed by atoms with Crippen LogP contribution in [0.25, 0.3) is 22.2 Å². The molecule has 13 heteroatoms. The van der Waals surface area contributed by atoms with Gasteiger partial charge in [-0.2, -0.15) is 13.2 Å². The number of anilines is 1. The largest absolute Gasteiger partial charge is 0.416 e. The van der Waals surface area contributed by atoms with Crippen molar-refractivity contribution in [3.8, 4) is 11.1 Å². The number of nitrogens with one attached hydrogen (secondary N) is 1. The number of unbranched alkanes of at least 4 members (excludes halogenated alkanes) is 1. The van der Waals surface area contributed by atoms with Crippen LogP contribution >= 0.6 is 0 Å². The number of hydrogen-bond donors (Lipinski definition) is 2. The van der Waals surface area contributed by atoms with E-state index in [2.05, 4.69) is 15.0 Å². The minimum Gasteiger partial charge on any atom is -0.383 e. The molecule has 224 valence electrons. The molecule has 1 atom stereocenters. The lowest BCUT2D eigenvalue weighted by molar-refractivity contribution is -0.137. The average molecular weight is 617 g/mol. The van der Waals surface area contributed by atoms with Crippen molar-refractivity contribution < 1.29 is 35.5 Å². The van der Waals surface area contributed by atoms with Crippen molar-refractivity contribution in [1.82, 2.24) is 15.0 Å². The van der Waals surface area contributed by atoms with Crippen LogP contribution in [0.15, 0.2) is 84.3 Å². The number of sulfonamides is 1. The van der Waals surface area contributed by atoms with Crippen LogP contribution in [-0.4, -0.2) is 35.0 Å². The van der Waals surface area contributed by atoms with Crippen LogP contribution in [-0.2, 0) is 16.2 Å². The van der Waals surface area contributed by atoms with E-state index >= 15 is 8.78 Å². The van der Waals surface area contributed by atoms with Crippen LogP contribution in [0.3, 0.4) is 0 Å². The SMILES string of the molecule is CCCCN(c1ccc(F)c(C(O)c2c[nH]c3ncc(-c4cccnc4)cc23)c1F)S(=O)(=O)c1ccc(C(F)(F)F)cc1. The number of benzene rings is 2. The summed E-state index contributed by atoms with van der Waals surface area (Å²) in [4.78, 5) is 10.8. The molecule has 0 amide bonds. The normalized spacial score (nSPS) is 12.9. The molecule has 3 heterocycles. The highest BCUT2D eigenvalue weighted by Crippen LogP contribution is 2.38. The molecule has 0 radical (unpaired) electrons. The molecule has 0 spiro atoms. The molecular weight excluding hydrogens is 591 g/mol. The van der Waals surface area contributed by atoms with Crippen LogP contribution in [0.5, 0.6) is 0 Å². The third kappa shape index (κ3) is 5.82. The van der Waals surface area contributed by atoms with E-state index < -0.39 is 55.6 Å². The Labute approximate surface area is 243 Å². The van der Waals surface area contributed by atoms with E-state index in [9.17, 15) is 26.7 Å². The Bertz CT molecular complexity index is 1860. The second-order valence-corrected chi connectivity index (χ2v) is 11.6. The maximum absolute atomic E-state index is 16.2. The van der Waals surface area contributed by atoms with Crippen molar-refractivity contribution in [2.24, 2.45) is 0 Å². The number of aliphatic hydroxyl groups is 1. The van der Waals surface area contributed by atoms with Crippen molar-refractivity contribution in [1.29, 1.82) is 0 Å². The first-order chi connectivity index (χ1) is 20.4. The van der Waals surface area contributed by atoms with Gasteiger partial charge < -0.3 is 10.1 Å². The Morgan fingerprint density at radius 3 is 2.42 bits per heavy atom. The number of pyridine rings is 2. The number of H-pyrrole nitrogens is 1. The zero-order valence-electron chi connectivity index (χ0n) is 22.6. The van der Waals surface area contributed by atoms with Gasteiger partial charge in [0.1, 0.15) is 17.6 Å². The van der Waals surface area contributed by atoms with Crippen LogP contribution in [0, 0.1) is 11.6 Å². The van der Waals surface area contributed by atoms with E-state index in [-0.39, 0.29) is 18.5 Å². The summed E-state index contributed by atoms with van der Waals surface area (Å²) < 4.78 is 98.4. The highest BCUT2D eigenvalue weighted by Gasteiger charge is 2.34. The number of aliphatic hydroxyl groups excluding tert-OH is 1. The Morgan fingerprint density at radius 2 is 1.77 bits per heavy atom. The van der Waals surface area contributed by atoms with Gasteiger partial charge in [-0.15, -0.1) is 0 Å². The van der Waals surface area contributed by atoms with Crippen LogP contribution in [0.4, 0.5) is 27.6 Å². The molecule has 0 bridgehead atoms. The summed E-state index contributed by atoms with van der Waals surface area (Å²) in [5.74, 6) is -2.45. The summed E-state index contributed by atoms with van der Waals surface area (Å²) in [6, 6.07) is 9.77. The Morgan fingerprint density at radius 1 is 1.02 bits per heavy atom. The van der Waals surface area contributed by atoms with Crippen LogP contribution < -0.4 is 4.31 Å². The summed E-state index contributed by atoms with van der Waals surface area (Å²) in [6.45, 7) is 1.52. The smallest absolute Gasteiger partial charge is 0.383 e. The van der Waals surface area contributed by atoms with Gasteiger partial charge in [0.15, 0.2) is 5.82 Å². The lowest BCUT2D eigenvalue weighted by Gasteiger charge is -2.26. The Balaban J connectivity index is 1.58. The van der Waals surface area contributed by atoms with E-state index in [0.29, 0.717) is 39.5 Å². The van der Waals surface area contributed by atoms with Gasteiger partial charge in [-0.05, 0) is 55.0 Å². The number of fused-ring (bicyclic) bond motifs is 1. The predicted molar refractivity (Wildman–Crippen MR) is 151 cm³/mol. The van der Waals surface area contributed by atoms with E-state index in [1.165, 1.54) is 6.20 Å². The fourth-order valence-electron chi connectivity index (χ4n) is 4.71. The van der Waals surface area contributed by atoms with Gasteiger partial charge in [0.25, 0.3) is 10.0 Å². The second-order valence-electron chi connectivity index (χ2n) is 9.76. The summed E-state index contributed by atoms with van der Waals surface area (Å²) in [5, 5.41) is 11.7. The van der Waals surface area contributed by atoms with Gasteiger partial charge >= 0.3 is 6.18 Å². The van der Waals surface area contributed by atoms with Crippen LogP contribution in [0.2, 0.25) is 0 Å². The van der Waals surface area contributed by atoms with Crippen molar-refractivity contribution in [2.75, 3.05) is 10.8 Å². The number of hydrogen-bond acceptors (Lipinski definition) is 5. The van der Waals surface area contributed by atoms with Gasteiger partial charge in [0.2, 0.25) is 0 Å². The fraction of sp³-hybridized carbons (Fsp3) is 0.200. The van der Waals surface area contributed by atoms with Crippen molar-refractivity contribution >= 4 is 26.7 Å². The van der Waals surface area contributed by atoms with Crippen molar-refractivity contribution in [2.45, 2.75) is 36.9 Å². The fourth-order valence-corrected chi connectivity index (χ4v) is 6.22. The molecular formula is C30H25F5N4O3S. The molecule has 2 aromatic carbocycles. The number of nitrogens with zero attached hydrogens (tertiary/aromatic N) is 3. The minimum atomic E-state index is -4.69. The lowest BCUT2D eigenvalue weighted by Crippen LogP contribution is -2.33. The van der Waals surface area contributed by atoms with Gasteiger partial charge in [-0.1, -0.05) is 19.4 Å². The first-order valence-electron chi connectivity index (χ1n) is 13.2. The van der Waals surface area contributed by atoms with Crippen LogP contribution in [0.1, 0.15) is 42.6 Å². The van der Waals surface area contributed by atoms with E-state index in [0.717, 1.165) is 29.8 Å². The predicted octanol–water partition coefficient (Wildman–Crippen LogP) is 7.00. The number of alkyl halides is 3. The van der Waals surface area contributed by atoms with Gasteiger partial charge in [-0.25, -0.2) is 22.2 Å². The Kier molecular flexibility index (Phi) is 8.21. The molecule has 43 heavy (non-hydrogen) atoms. The molecule has 0 aliphatic heterocycles. The second kappa shape index (κ2) is 11.7. The third-order valence-electron chi connectivity index (χ3n) is 6.99. The average Bonchev–Trinajstić information content (AvgIpc) is 3.42. The number of rotatable bonds is 9. The maximum atomic E-state index is 16.2. The molecule has 2 N–H and O–H groups in total. The maximum Gasteiger partial charge on any atom is 0.416 e. The molecule has 0 saturated carbocycles. The van der Waals surface area contributed by atoms with Gasteiger partial charge in [0, 0.05) is 53.4 Å². The lowest BCUT2D eigenvalue weighted by atomic mass is 9.98. The molecule has 7 nitrogen and oxygen atoms in total. The molecule has 0 aliphatic carbocycles. The Hall–Kier alpha value is -4.36. The zero-order valence-corrected chi connectivity index (χ0v) is 23.4. The number of aromatic amines is 1. The highest BCUT2D eigenvalue weighted by atomic mass is 32.2.